The second-order valence-corrected chi connectivity index (χ2v) is 8.23. The smallest absolute Gasteiger partial charge is 0.253 e. The van der Waals surface area contributed by atoms with Gasteiger partial charge in [-0.15, -0.1) is 0 Å². The van der Waals surface area contributed by atoms with Gasteiger partial charge in [0.05, 0.1) is 19.3 Å². The zero-order valence-electron chi connectivity index (χ0n) is 17.6. The highest BCUT2D eigenvalue weighted by Crippen LogP contribution is 2.39. The number of hydrogen-bond donors (Lipinski definition) is 0. The van der Waals surface area contributed by atoms with Gasteiger partial charge in [0, 0.05) is 37.7 Å². The summed E-state index contributed by atoms with van der Waals surface area (Å²) in [6.07, 6.45) is 8.46. The van der Waals surface area contributed by atoms with E-state index in [1.807, 2.05) is 41.3 Å². The number of methoxy groups -OCH3 is 1. The number of pyridine rings is 1. The molecule has 1 aromatic carbocycles. The molecule has 1 amide bonds. The number of ether oxygens (including phenoxy) is 3. The Morgan fingerprint density at radius 2 is 1.87 bits per heavy atom. The van der Waals surface area contributed by atoms with Crippen molar-refractivity contribution in [3.8, 4) is 11.5 Å². The molecule has 0 N–H and O–H groups in total. The van der Waals surface area contributed by atoms with Gasteiger partial charge in [-0.2, -0.15) is 0 Å². The molecule has 2 aliphatic rings. The molecular formula is C24H30N2O4. The fourth-order valence-electron chi connectivity index (χ4n) is 4.54. The zero-order valence-corrected chi connectivity index (χ0v) is 17.6. The maximum absolute atomic E-state index is 12.8. The molecular weight excluding hydrogens is 380 g/mol. The SMILES string of the molecule is COc1ccc(C(=O)N2CCC3(CC2)CC(CCOc2ccncc2)CCO3)cc1. The van der Waals surface area contributed by atoms with Crippen LogP contribution in [0.5, 0.6) is 11.5 Å². The summed E-state index contributed by atoms with van der Waals surface area (Å²) < 4.78 is 17.3. The number of carbonyl (C=O) groups is 1. The highest BCUT2D eigenvalue weighted by molar-refractivity contribution is 5.94. The minimum Gasteiger partial charge on any atom is -0.497 e. The number of aromatic nitrogens is 1. The van der Waals surface area contributed by atoms with E-state index in [1.54, 1.807) is 19.5 Å². The average molecular weight is 411 g/mol. The van der Waals surface area contributed by atoms with Gasteiger partial charge < -0.3 is 19.1 Å². The molecule has 0 saturated carbocycles. The molecule has 30 heavy (non-hydrogen) atoms. The molecule has 4 rings (SSSR count). The molecule has 1 aromatic heterocycles. The lowest BCUT2D eigenvalue weighted by Gasteiger charge is -2.46. The van der Waals surface area contributed by atoms with E-state index in [4.69, 9.17) is 14.2 Å². The Morgan fingerprint density at radius 3 is 2.57 bits per heavy atom. The van der Waals surface area contributed by atoms with Gasteiger partial charge in [0.2, 0.25) is 0 Å². The van der Waals surface area contributed by atoms with Crippen LogP contribution in [0.3, 0.4) is 0 Å². The van der Waals surface area contributed by atoms with Crippen LogP contribution < -0.4 is 9.47 Å². The first-order valence-electron chi connectivity index (χ1n) is 10.8. The molecule has 1 unspecified atom stereocenters. The highest BCUT2D eigenvalue weighted by atomic mass is 16.5. The van der Waals surface area contributed by atoms with E-state index in [-0.39, 0.29) is 11.5 Å². The third-order valence-corrected chi connectivity index (χ3v) is 6.34. The lowest BCUT2D eigenvalue weighted by molar-refractivity contribution is -0.125. The van der Waals surface area contributed by atoms with Crippen molar-refractivity contribution < 1.29 is 19.0 Å². The first kappa shape index (κ1) is 20.7. The molecule has 1 atom stereocenters. The van der Waals surface area contributed by atoms with Crippen molar-refractivity contribution in [2.75, 3.05) is 33.4 Å². The van der Waals surface area contributed by atoms with Crippen molar-refractivity contribution in [2.24, 2.45) is 5.92 Å². The molecule has 160 valence electrons. The standard InChI is InChI=1S/C24H30N2O4/c1-28-21-4-2-20(3-5-21)23(27)26-14-10-24(11-15-26)18-19(9-17-30-24)8-16-29-22-6-12-25-13-7-22/h2-7,12-13,19H,8-11,14-18H2,1H3. The Bertz CT molecular complexity index is 817. The van der Waals surface area contributed by atoms with Gasteiger partial charge in [-0.3, -0.25) is 9.78 Å². The largest absolute Gasteiger partial charge is 0.497 e. The molecule has 1 spiro atoms. The summed E-state index contributed by atoms with van der Waals surface area (Å²) in [5, 5.41) is 0. The average Bonchev–Trinajstić information content (AvgIpc) is 2.80. The Labute approximate surface area is 178 Å². The summed E-state index contributed by atoms with van der Waals surface area (Å²) in [5.74, 6) is 2.32. The van der Waals surface area contributed by atoms with Crippen molar-refractivity contribution in [3.05, 3.63) is 54.4 Å². The van der Waals surface area contributed by atoms with Crippen molar-refractivity contribution in [1.82, 2.24) is 9.88 Å². The number of nitrogens with zero attached hydrogens (tertiary/aromatic N) is 2. The number of rotatable bonds is 6. The van der Waals surface area contributed by atoms with E-state index in [0.29, 0.717) is 18.1 Å². The second kappa shape index (κ2) is 9.47. The van der Waals surface area contributed by atoms with Crippen molar-refractivity contribution in [1.29, 1.82) is 0 Å². The summed E-state index contributed by atoms with van der Waals surface area (Å²) in [4.78, 5) is 18.8. The fourth-order valence-corrected chi connectivity index (χ4v) is 4.54. The summed E-state index contributed by atoms with van der Waals surface area (Å²) in [6.45, 7) is 3.00. The van der Waals surface area contributed by atoms with Gasteiger partial charge >= 0.3 is 0 Å². The molecule has 2 aliphatic heterocycles. The zero-order chi connectivity index (χ0) is 20.8. The number of amides is 1. The lowest BCUT2D eigenvalue weighted by Crippen LogP contribution is -2.50. The Kier molecular flexibility index (Phi) is 6.53. The van der Waals surface area contributed by atoms with Crippen LogP contribution >= 0.6 is 0 Å². The summed E-state index contributed by atoms with van der Waals surface area (Å²) in [7, 11) is 1.63. The third-order valence-electron chi connectivity index (χ3n) is 6.34. The first-order valence-corrected chi connectivity index (χ1v) is 10.8. The fraction of sp³-hybridized carbons (Fsp3) is 0.500. The lowest BCUT2D eigenvalue weighted by atomic mass is 9.78. The summed E-state index contributed by atoms with van der Waals surface area (Å²) in [6, 6.07) is 11.1. The number of likely N-dealkylation sites (tertiary alicyclic amines) is 1. The van der Waals surface area contributed by atoms with E-state index in [0.717, 1.165) is 63.3 Å². The topological polar surface area (TPSA) is 60.9 Å². The molecule has 6 nitrogen and oxygen atoms in total. The van der Waals surface area contributed by atoms with Crippen molar-refractivity contribution >= 4 is 5.91 Å². The predicted molar refractivity (Wildman–Crippen MR) is 114 cm³/mol. The molecule has 0 bridgehead atoms. The number of hydrogen-bond acceptors (Lipinski definition) is 5. The number of carbonyl (C=O) groups excluding carboxylic acids is 1. The van der Waals surface area contributed by atoms with Crippen LogP contribution in [0.25, 0.3) is 0 Å². The maximum atomic E-state index is 12.8. The van der Waals surface area contributed by atoms with Crippen LogP contribution in [0, 0.1) is 5.92 Å². The Balaban J connectivity index is 1.27. The monoisotopic (exact) mass is 410 g/mol. The highest BCUT2D eigenvalue weighted by Gasteiger charge is 2.41. The van der Waals surface area contributed by atoms with E-state index >= 15 is 0 Å². The number of benzene rings is 1. The van der Waals surface area contributed by atoms with E-state index in [2.05, 4.69) is 4.98 Å². The van der Waals surface area contributed by atoms with Crippen LogP contribution in [0.4, 0.5) is 0 Å². The van der Waals surface area contributed by atoms with E-state index in [9.17, 15) is 4.79 Å². The van der Waals surface area contributed by atoms with Crippen LogP contribution in [0.1, 0.15) is 42.5 Å². The van der Waals surface area contributed by atoms with Crippen LogP contribution in [0.15, 0.2) is 48.8 Å². The molecule has 2 fully saturated rings. The quantitative estimate of drug-likeness (QED) is 0.721. The van der Waals surface area contributed by atoms with Crippen LogP contribution in [-0.2, 0) is 4.74 Å². The molecule has 0 radical (unpaired) electrons. The van der Waals surface area contributed by atoms with Crippen LogP contribution in [0.2, 0.25) is 0 Å². The van der Waals surface area contributed by atoms with Gasteiger partial charge in [0.25, 0.3) is 5.91 Å². The van der Waals surface area contributed by atoms with E-state index < -0.39 is 0 Å². The molecule has 3 heterocycles. The molecule has 2 saturated heterocycles. The minimum absolute atomic E-state index is 0.0870. The summed E-state index contributed by atoms with van der Waals surface area (Å²) >= 11 is 0. The van der Waals surface area contributed by atoms with Crippen molar-refractivity contribution in [3.63, 3.8) is 0 Å². The molecule has 6 heteroatoms. The normalized spacial score (nSPS) is 20.7. The van der Waals surface area contributed by atoms with Gasteiger partial charge in [-0.25, -0.2) is 0 Å². The van der Waals surface area contributed by atoms with Gasteiger partial charge in [0.15, 0.2) is 0 Å². The first-order chi connectivity index (χ1) is 14.7. The van der Waals surface area contributed by atoms with E-state index in [1.165, 1.54) is 0 Å². The Morgan fingerprint density at radius 1 is 1.13 bits per heavy atom. The van der Waals surface area contributed by atoms with Crippen molar-refractivity contribution in [2.45, 2.75) is 37.7 Å². The van der Waals surface area contributed by atoms with Gasteiger partial charge in [-0.05, 0) is 74.4 Å². The maximum Gasteiger partial charge on any atom is 0.253 e. The van der Waals surface area contributed by atoms with Gasteiger partial charge in [-0.1, -0.05) is 0 Å². The predicted octanol–water partition coefficient (Wildman–Crippen LogP) is 3.96. The second-order valence-electron chi connectivity index (χ2n) is 8.23. The summed E-state index contributed by atoms with van der Waals surface area (Å²) in [5.41, 5.74) is 0.624. The van der Waals surface area contributed by atoms with Crippen LogP contribution in [-0.4, -0.2) is 54.8 Å². The Hall–Kier alpha value is -2.60. The van der Waals surface area contributed by atoms with Gasteiger partial charge in [0.1, 0.15) is 11.5 Å². The number of piperidine rings is 1. The third kappa shape index (κ3) is 4.93. The minimum atomic E-state index is -0.0870. The molecule has 2 aromatic rings. The molecule has 0 aliphatic carbocycles.